The van der Waals surface area contributed by atoms with Crippen LogP contribution in [0.15, 0.2) is 48.6 Å². The average molecular weight is 689 g/mol. The Bertz CT molecular complexity index is 1300. The number of hydrogen-bond acceptors (Lipinski definition) is 10. The molecule has 0 aromatic heterocycles. The molecule has 48 heavy (non-hydrogen) atoms. The first kappa shape index (κ1) is 39.5. The topological polar surface area (TPSA) is 111 Å². The summed E-state index contributed by atoms with van der Waals surface area (Å²) in [6.45, 7) is 13.2. The highest BCUT2D eigenvalue weighted by molar-refractivity contribution is 6.76. The summed E-state index contributed by atoms with van der Waals surface area (Å²) in [5, 5.41) is 11.1. The molecule has 268 valence electrons. The Morgan fingerprint density at radius 2 is 1.75 bits per heavy atom. The second-order valence-corrected chi connectivity index (χ2v) is 19.4. The summed E-state index contributed by atoms with van der Waals surface area (Å²) < 4.78 is 45.8. The molecule has 1 aliphatic rings. The van der Waals surface area contributed by atoms with Crippen LogP contribution in [0.5, 0.6) is 17.2 Å². The van der Waals surface area contributed by atoms with Gasteiger partial charge < -0.3 is 43.0 Å². The highest BCUT2D eigenvalue weighted by atomic mass is 28.3. The SMILES string of the molecule is COCOc1cc(OC)cc(CCC[C@@H]2OC(C)(C)OC2C(O)/C=C\C[C@@H](C)OCc2ccc(OC)cc2)c1C(=O)OCC[Si](C)(C)C. The van der Waals surface area contributed by atoms with E-state index in [0.29, 0.717) is 56.0 Å². The van der Waals surface area contributed by atoms with Crippen LogP contribution in [0.2, 0.25) is 25.7 Å². The summed E-state index contributed by atoms with van der Waals surface area (Å²) in [6.07, 6.45) is 4.27. The molecule has 1 aliphatic heterocycles. The lowest BCUT2D eigenvalue weighted by atomic mass is 9.96. The zero-order valence-electron chi connectivity index (χ0n) is 30.2. The summed E-state index contributed by atoms with van der Waals surface area (Å²) in [5.41, 5.74) is 2.18. The van der Waals surface area contributed by atoms with Crippen molar-refractivity contribution in [2.24, 2.45) is 0 Å². The van der Waals surface area contributed by atoms with Gasteiger partial charge in [0.2, 0.25) is 0 Å². The van der Waals surface area contributed by atoms with E-state index in [1.165, 1.54) is 7.11 Å². The van der Waals surface area contributed by atoms with Crippen molar-refractivity contribution in [3.8, 4) is 17.2 Å². The van der Waals surface area contributed by atoms with Crippen molar-refractivity contribution >= 4 is 14.0 Å². The van der Waals surface area contributed by atoms with Gasteiger partial charge in [-0.25, -0.2) is 4.79 Å². The van der Waals surface area contributed by atoms with Crippen LogP contribution in [0.25, 0.3) is 0 Å². The minimum atomic E-state index is -1.40. The third-order valence-corrected chi connectivity index (χ3v) is 9.71. The smallest absolute Gasteiger partial charge is 0.342 e. The predicted molar refractivity (Wildman–Crippen MR) is 188 cm³/mol. The minimum Gasteiger partial charge on any atom is -0.497 e. The Labute approximate surface area is 287 Å². The van der Waals surface area contributed by atoms with Gasteiger partial charge in [0, 0.05) is 21.3 Å². The molecule has 0 amide bonds. The fraction of sp³-hybridized carbons (Fsp3) is 0.595. The maximum Gasteiger partial charge on any atom is 0.342 e. The summed E-state index contributed by atoms with van der Waals surface area (Å²) in [4.78, 5) is 13.4. The summed E-state index contributed by atoms with van der Waals surface area (Å²) in [6, 6.07) is 12.2. The number of aryl methyl sites for hydroxylation is 1. The number of benzene rings is 2. The highest BCUT2D eigenvalue weighted by Gasteiger charge is 2.43. The molecule has 4 atom stereocenters. The molecule has 2 unspecified atom stereocenters. The van der Waals surface area contributed by atoms with Crippen molar-refractivity contribution in [2.75, 3.05) is 34.7 Å². The normalized spacial score (nSPS) is 18.9. The number of esters is 1. The van der Waals surface area contributed by atoms with E-state index >= 15 is 0 Å². The van der Waals surface area contributed by atoms with Gasteiger partial charge in [-0.05, 0) is 81.8 Å². The number of methoxy groups -OCH3 is 3. The van der Waals surface area contributed by atoms with E-state index in [-0.39, 0.29) is 19.0 Å². The Kier molecular flexibility index (Phi) is 15.4. The van der Waals surface area contributed by atoms with E-state index in [9.17, 15) is 9.90 Å². The van der Waals surface area contributed by atoms with Crippen molar-refractivity contribution in [3.63, 3.8) is 0 Å². The zero-order chi connectivity index (χ0) is 35.3. The summed E-state index contributed by atoms with van der Waals surface area (Å²) in [7, 11) is 3.35. The van der Waals surface area contributed by atoms with E-state index in [1.54, 1.807) is 26.4 Å². The second-order valence-electron chi connectivity index (χ2n) is 13.8. The van der Waals surface area contributed by atoms with Gasteiger partial charge >= 0.3 is 5.97 Å². The first-order chi connectivity index (χ1) is 22.7. The Hall–Kier alpha value is -2.93. The summed E-state index contributed by atoms with van der Waals surface area (Å²) in [5.74, 6) is 0.451. The lowest BCUT2D eigenvalue weighted by Crippen LogP contribution is -2.34. The van der Waals surface area contributed by atoms with Crippen molar-refractivity contribution in [1.82, 2.24) is 0 Å². The van der Waals surface area contributed by atoms with Crippen LogP contribution in [0.3, 0.4) is 0 Å². The van der Waals surface area contributed by atoms with Gasteiger partial charge in [-0.1, -0.05) is 43.9 Å². The minimum absolute atomic E-state index is 0.0230. The lowest BCUT2D eigenvalue weighted by molar-refractivity contribution is -0.152. The van der Waals surface area contributed by atoms with Crippen LogP contribution in [0, 0.1) is 0 Å². The quantitative estimate of drug-likeness (QED) is 0.0680. The molecule has 1 saturated heterocycles. The number of carbonyl (C=O) groups excluding carboxylic acids is 1. The van der Waals surface area contributed by atoms with E-state index in [4.69, 9.17) is 37.9 Å². The fourth-order valence-electron chi connectivity index (χ4n) is 5.37. The molecule has 10 nitrogen and oxygen atoms in total. The molecule has 1 N–H and O–H groups in total. The molecule has 3 rings (SSSR count). The molecule has 0 saturated carbocycles. The number of rotatable bonds is 20. The first-order valence-corrected chi connectivity index (χ1v) is 20.4. The zero-order valence-corrected chi connectivity index (χ0v) is 31.2. The van der Waals surface area contributed by atoms with Crippen LogP contribution < -0.4 is 14.2 Å². The maximum atomic E-state index is 13.4. The van der Waals surface area contributed by atoms with Gasteiger partial charge in [-0.2, -0.15) is 0 Å². The molecule has 2 aromatic carbocycles. The van der Waals surface area contributed by atoms with Crippen molar-refractivity contribution < 1.29 is 47.8 Å². The van der Waals surface area contributed by atoms with Gasteiger partial charge in [0.15, 0.2) is 12.6 Å². The predicted octanol–water partition coefficient (Wildman–Crippen LogP) is 6.94. The van der Waals surface area contributed by atoms with Crippen molar-refractivity contribution in [1.29, 1.82) is 0 Å². The summed E-state index contributed by atoms with van der Waals surface area (Å²) >= 11 is 0. The molecule has 2 aromatic rings. The van der Waals surface area contributed by atoms with Gasteiger partial charge in [0.1, 0.15) is 35.0 Å². The molecular weight excluding hydrogens is 632 g/mol. The van der Waals surface area contributed by atoms with Crippen molar-refractivity contribution in [3.05, 3.63) is 65.2 Å². The number of carbonyl (C=O) groups is 1. The lowest BCUT2D eigenvalue weighted by Gasteiger charge is -2.21. The van der Waals surface area contributed by atoms with Crippen LogP contribution in [0.4, 0.5) is 0 Å². The van der Waals surface area contributed by atoms with Gasteiger partial charge in [0.25, 0.3) is 0 Å². The van der Waals surface area contributed by atoms with Gasteiger partial charge in [0.05, 0.1) is 39.6 Å². The van der Waals surface area contributed by atoms with E-state index in [1.807, 2.05) is 57.2 Å². The molecule has 0 spiro atoms. The maximum absolute atomic E-state index is 13.4. The molecule has 0 radical (unpaired) electrons. The van der Waals surface area contributed by atoms with Crippen molar-refractivity contribution in [2.45, 2.75) is 109 Å². The van der Waals surface area contributed by atoms with Gasteiger partial charge in [-0.3, -0.25) is 0 Å². The van der Waals surface area contributed by atoms with Crippen LogP contribution in [-0.4, -0.2) is 84.1 Å². The standard InChI is InChI=1S/C37H56O10Si/c1-26(44-24-27-16-18-29(41-5)19-17-27)12-10-14-31(38)35-32(46-37(2,3)47-35)15-11-13-28-22-30(42-6)23-33(45-25-40-4)34(28)36(39)43-20-21-48(7,8)9/h10,14,16-19,22-23,26,31-32,35,38H,11-13,15,20-21,24-25H2,1-9H3/b14-10-/t26-,31?,32+,35?/m1/s1. The van der Waals surface area contributed by atoms with E-state index in [0.717, 1.165) is 22.9 Å². The average Bonchev–Trinajstić information content (AvgIpc) is 3.35. The molecular formula is C37H56O10Si. The molecule has 1 heterocycles. The van der Waals surface area contributed by atoms with E-state index in [2.05, 4.69) is 19.6 Å². The van der Waals surface area contributed by atoms with Crippen LogP contribution in [-0.2, 0) is 36.7 Å². The number of ether oxygens (including phenoxy) is 8. The number of aliphatic hydroxyl groups is 1. The first-order valence-electron chi connectivity index (χ1n) is 16.7. The molecule has 0 aliphatic carbocycles. The Morgan fingerprint density at radius 1 is 1.04 bits per heavy atom. The Morgan fingerprint density at radius 3 is 2.40 bits per heavy atom. The fourth-order valence-corrected chi connectivity index (χ4v) is 6.08. The molecule has 0 bridgehead atoms. The highest BCUT2D eigenvalue weighted by Crippen LogP contribution is 2.35. The molecule has 1 fully saturated rings. The third-order valence-electron chi connectivity index (χ3n) is 8.00. The third kappa shape index (κ3) is 12.8. The number of aliphatic hydroxyl groups excluding tert-OH is 1. The largest absolute Gasteiger partial charge is 0.497 e. The monoisotopic (exact) mass is 688 g/mol. The van der Waals surface area contributed by atoms with Crippen LogP contribution in [0.1, 0.15) is 61.5 Å². The number of hydrogen-bond donors (Lipinski definition) is 1. The second kappa shape index (κ2) is 18.7. The van der Waals surface area contributed by atoms with E-state index < -0.39 is 32.0 Å². The molecule has 11 heteroatoms. The van der Waals surface area contributed by atoms with Crippen LogP contribution >= 0.6 is 0 Å². The Balaban J connectivity index is 1.64. The van der Waals surface area contributed by atoms with Gasteiger partial charge in [-0.15, -0.1) is 0 Å².